The summed E-state index contributed by atoms with van der Waals surface area (Å²) in [5, 5.41) is 10.2. The monoisotopic (exact) mass is 515 g/mol. The molecule has 1 fully saturated rings. The van der Waals surface area contributed by atoms with Crippen molar-refractivity contribution in [2.75, 3.05) is 13.1 Å². The molecular weight excluding hydrogens is 489 g/mol. The van der Waals surface area contributed by atoms with E-state index < -0.39 is 0 Å². The van der Waals surface area contributed by atoms with Gasteiger partial charge in [-0.3, -0.25) is 5.10 Å². The number of aromatic amines is 1. The average molecular weight is 516 g/mol. The number of nitrogens with one attached hydrogen (secondary N) is 1. The lowest BCUT2D eigenvalue weighted by atomic mass is 9.87. The van der Waals surface area contributed by atoms with Crippen molar-refractivity contribution >= 4 is 45.7 Å². The lowest BCUT2D eigenvalue weighted by Crippen LogP contribution is -2.22. The minimum atomic E-state index is -0.376. The molecular formula is C30H27ClFN3O2. The van der Waals surface area contributed by atoms with Gasteiger partial charge in [0.25, 0.3) is 0 Å². The predicted octanol–water partition coefficient (Wildman–Crippen LogP) is 7.29. The van der Waals surface area contributed by atoms with E-state index in [2.05, 4.69) is 23.2 Å². The van der Waals surface area contributed by atoms with Crippen molar-refractivity contribution in [3.8, 4) is 0 Å². The van der Waals surface area contributed by atoms with Crippen LogP contribution in [0.15, 0.2) is 72.9 Å². The van der Waals surface area contributed by atoms with Gasteiger partial charge in [0.15, 0.2) is 0 Å². The van der Waals surface area contributed by atoms with Gasteiger partial charge in [0.05, 0.1) is 16.7 Å². The highest BCUT2D eigenvalue weighted by molar-refractivity contribution is 6.32. The molecule has 1 saturated heterocycles. The topological polar surface area (TPSA) is 58.2 Å². The Morgan fingerprint density at radius 1 is 1.08 bits per heavy atom. The molecule has 188 valence electrons. The highest BCUT2D eigenvalue weighted by atomic mass is 35.5. The largest absolute Gasteiger partial charge is 0.364 e. The molecule has 7 heteroatoms. The first-order valence-electron chi connectivity index (χ1n) is 12.4. The van der Waals surface area contributed by atoms with Crippen molar-refractivity contribution < 1.29 is 14.0 Å². The number of halogens is 2. The molecule has 1 aromatic heterocycles. The van der Waals surface area contributed by atoms with E-state index in [4.69, 9.17) is 16.4 Å². The van der Waals surface area contributed by atoms with E-state index in [-0.39, 0.29) is 11.8 Å². The number of benzene rings is 3. The van der Waals surface area contributed by atoms with Crippen LogP contribution in [-0.4, -0.2) is 34.3 Å². The number of rotatable bonds is 7. The quantitative estimate of drug-likeness (QED) is 0.207. The van der Waals surface area contributed by atoms with Crippen LogP contribution in [0.2, 0.25) is 5.02 Å². The summed E-state index contributed by atoms with van der Waals surface area (Å²) in [6.45, 7) is 3.63. The standard InChI is InChI=1S/C30H27ClFN3O2/c1-2-25(26-12-11-24(32)18-27(26)31)30(22-10-13-28-23(17-22)19-33-34-28)21-8-5-20(6-9-21)7-14-29(36)37-35-15-3-4-16-35/h5-14,17-19H,2-4,15-16H2,1H3,(H,33,34)/b14-7+,30-25+. The Labute approximate surface area is 220 Å². The van der Waals surface area contributed by atoms with E-state index in [0.29, 0.717) is 11.4 Å². The summed E-state index contributed by atoms with van der Waals surface area (Å²) < 4.78 is 13.8. The van der Waals surface area contributed by atoms with Gasteiger partial charge in [0.1, 0.15) is 5.82 Å². The first-order chi connectivity index (χ1) is 18.0. The van der Waals surface area contributed by atoms with Gasteiger partial charge in [-0.2, -0.15) is 5.10 Å². The molecule has 0 saturated carbocycles. The number of H-pyrrole nitrogens is 1. The summed E-state index contributed by atoms with van der Waals surface area (Å²) >= 11 is 6.51. The predicted molar refractivity (Wildman–Crippen MR) is 146 cm³/mol. The number of allylic oxidation sites excluding steroid dienone is 1. The molecule has 0 bridgehead atoms. The Morgan fingerprint density at radius 3 is 2.57 bits per heavy atom. The molecule has 1 aliphatic rings. The molecule has 4 aromatic rings. The molecule has 2 heterocycles. The summed E-state index contributed by atoms with van der Waals surface area (Å²) in [4.78, 5) is 17.5. The van der Waals surface area contributed by atoms with Gasteiger partial charge in [0, 0.05) is 24.6 Å². The maximum atomic E-state index is 13.8. The summed E-state index contributed by atoms with van der Waals surface area (Å²) in [6.07, 6.45) is 7.78. The van der Waals surface area contributed by atoms with Gasteiger partial charge in [-0.1, -0.05) is 54.9 Å². The number of fused-ring (bicyclic) bond motifs is 1. The second kappa shape index (κ2) is 11.1. The van der Waals surface area contributed by atoms with E-state index in [1.807, 2.05) is 36.4 Å². The normalized spacial score (nSPS) is 14.9. The van der Waals surface area contributed by atoms with Gasteiger partial charge >= 0.3 is 5.97 Å². The van der Waals surface area contributed by atoms with Crippen LogP contribution in [0.25, 0.3) is 28.1 Å². The van der Waals surface area contributed by atoms with E-state index in [9.17, 15) is 9.18 Å². The van der Waals surface area contributed by atoms with Crippen LogP contribution >= 0.6 is 11.6 Å². The number of carbonyl (C=O) groups is 1. The number of hydrogen-bond acceptors (Lipinski definition) is 4. The third-order valence-corrected chi connectivity index (χ3v) is 6.85. The zero-order valence-electron chi connectivity index (χ0n) is 20.5. The van der Waals surface area contributed by atoms with Crippen LogP contribution in [0.4, 0.5) is 4.39 Å². The third kappa shape index (κ3) is 5.66. The maximum absolute atomic E-state index is 13.8. The minimum Gasteiger partial charge on any atom is -0.364 e. The Hall–Kier alpha value is -3.74. The molecule has 0 spiro atoms. The molecule has 5 rings (SSSR count). The molecule has 1 N–H and O–H groups in total. The zero-order chi connectivity index (χ0) is 25.8. The van der Waals surface area contributed by atoms with Crippen molar-refractivity contribution in [1.29, 1.82) is 0 Å². The molecule has 0 atom stereocenters. The second-order valence-electron chi connectivity index (χ2n) is 9.01. The second-order valence-corrected chi connectivity index (χ2v) is 9.41. The highest BCUT2D eigenvalue weighted by Gasteiger charge is 2.17. The molecule has 3 aromatic carbocycles. The van der Waals surface area contributed by atoms with E-state index in [1.165, 1.54) is 18.2 Å². The van der Waals surface area contributed by atoms with Crippen molar-refractivity contribution in [2.24, 2.45) is 0 Å². The third-order valence-electron chi connectivity index (χ3n) is 6.54. The van der Waals surface area contributed by atoms with E-state index in [1.54, 1.807) is 23.4 Å². The summed E-state index contributed by atoms with van der Waals surface area (Å²) in [7, 11) is 0. The molecule has 5 nitrogen and oxygen atoms in total. The molecule has 0 aliphatic carbocycles. The average Bonchev–Trinajstić information content (AvgIpc) is 3.59. The van der Waals surface area contributed by atoms with Crippen LogP contribution in [0.3, 0.4) is 0 Å². The van der Waals surface area contributed by atoms with Crippen LogP contribution < -0.4 is 0 Å². The molecule has 0 radical (unpaired) electrons. The highest BCUT2D eigenvalue weighted by Crippen LogP contribution is 2.38. The van der Waals surface area contributed by atoms with Crippen molar-refractivity contribution in [1.82, 2.24) is 15.3 Å². The Bertz CT molecular complexity index is 1480. The van der Waals surface area contributed by atoms with Crippen LogP contribution in [0, 0.1) is 5.82 Å². The number of aromatic nitrogens is 2. The van der Waals surface area contributed by atoms with Crippen LogP contribution in [0.5, 0.6) is 0 Å². The number of carbonyl (C=O) groups excluding carboxylic acids is 1. The first kappa shape index (κ1) is 24.9. The smallest absolute Gasteiger partial charge is 0.349 e. The maximum Gasteiger partial charge on any atom is 0.349 e. The molecule has 0 amide bonds. The minimum absolute atomic E-state index is 0.370. The number of hydroxylamine groups is 2. The van der Waals surface area contributed by atoms with Crippen molar-refractivity contribution in [3.63, 3.8) is 0 Å². The van der Waals surface area contributed by atoms with E-state index in [0.717, 1.165) is 70.2 Å². The lowest BCUT2D eigenvalue weighted by molar-refractivity contribution is -0.178. The Balaban J connectivity index is 1.52. The van der Waals surface area contributed by atoms with Gasteiger partial charge in [-0.15, -0.1) is 5.06 Å². The van der Waals surface area contributed by atoms with Gasteiger partial charge < -0.3 is 4.84 Å². The number of nitrogens with zero attached hydrogens (tertiary/aromatic N) is 2. The SMILES string of the molecule is CC/C(=C(/c1ccc(/C=C/C(=O)ON2CCCC2)cc1)c1ccc2[nH]ncc2c1)c1ccc(F)cc1Cl. The van der Waals surface area contributed by atoms with Crippen LogP contribution in [-0.2, 0) is 9.63 Å². The summed E-state index contributed by atoms with van der Waals surface area (Å²) in [5.41, 5.74) is 6.61. The van der Waals surface area contributed by atoms with Crippen LogP contribution in [0.1, 0.15) is 48.4 Å². The molecule has 37 heavy (non-hydrogen) atoms. The fraction of sp³-hybridized carbons (Fsp3) is 0.200. The lowest BCUT2D eigenvalue weighted by Gasteiger charge is -2.18. The first-order valence-corrected chi connectivity index (χ1v) is 12.8. The summed E-state index contributed by atoms with van der Waals surface area (Å²) in [5.74, 6) is -0.746. The van der Waals surface area contributed by atoms with Crippen molar-refractivity contribution in [3.05, 3.63) is 106 Å². The van der Waals surface area contributed by atoms with Gasteiger partial charge in [0.2, 0.25) is 0 Å². The summed E-state index contributed by atoms with van der Waals surface area (Å²) in [6, 6.07) is 18.6. The van der Waals surface area contributed by atoms with Gasteiger partial charge in [-0.25, -0.2) is 9.18 Å². The molecule has 1 aliphatic heterocycles. The van der Waals surface area contributed by atoms with Gasteiger partial charge in [-0.05, 0) is 83.0 Å². The van der Waals surface area contributed by atoms with E-state index >= 15 is 0 Å². The Morgan fingerprint density at radius 2 is 1.84 bits per heavy atom. The molecule has 0 unspecified atom stereocenters. The zero-order valence-corrected chi connectivity index (χ0v) is 21.3. The number of hydrogen-bond donors (Lipinski definition) is 1. The fourth-order valence-electron chi connectivity index (χ4n) is 4.71. The Kier molecular flexibility index (Phi) is 7.49. The van der Waals surface area contributed by atoms with Crippen molar-refractivity contribution in [2.45, 2.75) is 26.2 Å². The fourth-order valence-corrected chi connectivity index (χ4v) is 4.99.